The van der Waals surface area contributed by atoms with Crippen LogP contribution in [0.3, 0.4) is 0 Å². The van der Waals surface area contributed by atoms with E-state index < -0.39 is 0 Å². The molecule has 4 nitrogen and oxygen atoms in total. The first kappa shape index (κ1) is 18.1. The van der Waals surface area contributed by atoms with Gasteiger partial charge in [0.25, 0.3) is 0 Å². The van der Waals surface area contributed by atoms with E-state index in [2.05, 4.69) is 70.5 Å². The van der Waals surface area contributed by atoms with Gasteiger partial charge in [0.15, 0.2) is 0 Å². The topological polar surface area (TPSA) is 57.4 Å². The summed E-state index contributed by atoms with van der Waals surface area (Å²) in [6, 6.07) is 7.84. The number of hydrogen-bond acceptors (Lipinski definition) is 6. The first-order valence-corrected chi connectivity index (χ1v) is 10.2. The zero-order chi connectivity index (χ0) is 19.4. The van der Waals surface area contributed by atoms with Gasteiger partial charge < -0.3 is 9.97 Å². The molecule has 2 aliphatic rings. The molecule has 138 valence electrons. The predicted octanol–water partition coefficient (Wildman–Crippen LogP) is 5.81. The highest BCUT2D eigenvalue weighted by molar-refractivity contribution is 7.81. The lowest BCUT2D eigenvalue weighted by Crippen LogP contribution is -1.82. The summed E-state index contributed by atoms with van der Waals surface area (Å²) in [6.07, 6.45) is 7.73. The van der Waals surface area contributed by atoms with E-state index in [0.717, 1.165) is 64.4 Å². The van der Waals surface area contributed by atoms with Crippen LogP contribution < -0.4 is 0 Å². The molecule has 8 bridgehead atoms. The van der Waals surface area contributed by atoms with Gasteiger partial charge in [-0.05, 0) is 48.6 Å². The SMILES string of the molecule is Sc1c2nc(c(S)c3ccc([nH]3)c(S)c3nc(c(S)c4ccc1[nH]4)C=C3)C=C2. The summed E-state index contributed by atoms with van der Waals surface area (Å²) in [4.78, 5) is 19.1. The molecular weight excluding hydrogens is 425 g/mol. The maximum absolute atomic E-state index is 4.69. The Hall–Kier alpha value is -2.00. The molecule has 0 aliphatic carbocycles. The summed E-state index contributed by atoms with van der Waals surface area (Å²) < 4.78 is 0. The van der Waals surface area contributed by atoms with Crippen LogP contribution >= 0.6 is 50.5 Å². The molecule has 3 aromatic heterocycles. The van der Waals surface area contributed by atoms with Crippen molar-refractivity contribution >= 4 is 96.9 Å². The lowest BCUT2D eigenvalue weighted by Gasteiger charge is -1.96. The van der Waals surface area contributed by atoms with E-state index >= 15 is 0 Å². The second kappa shape index (κ2) is 6.81. The van der Waals surface area contributed by atoms with Crippen LogP contribution in [0.4, 0.5) is 0 Å². The number of aromatic nitrogens is 4. The molecule has 5 heterocycles. The predicted molar refractivity (Wildman–Crippen MR) is 128 cm³/mol. The minimum absolute atomic E-state index is 0.751. The molecule has 28 heavy (non-hydrogen) atoms. The Balaban J connectivity index is 1.97. The van der Waals surface area contributed by atoms with Gasteiger partial charge in [-0.3, -0.25) is 0 Å². The van der Waals surface area contributed by atoms with Crippen molar-refractivity contribution in [3.8, 4) is 0 Å². The van der Waals surface area contributed by atoms with E-state index in [1.807, 2.05) is 48.6 Å². The largest absolute Gasteiger partial charge is 0.354 e. The fraction of sp³-hybridized carbons (Fsp3) is 0. The molecule has 0 saturated heterocycles. The van der Waals surface area contributed by atoms with Crippen LogP contribution in [0.15, 0.2) is 43.8 Å². The first-order valence-electron chi connectivity index (χ1n) is 8.43. The molecule has 0 spiro atoms. The van der Waals surface area contributed by atoms with Gasteiger partial charge >= 0.3 is 0 Å². The molecule has 0 unspecified atom stereocenters. The Bertz CT molecular complexity index is 1160. The van der Waals surface area contributed by atoms with Crippen molar-refractivity contribution in [2.45, 2.75) is 19.6 Å². The maximum Gasteiger partial charge on any atom is 0.0792 e. The average molecular weight is 439 g/mol. The Kier molecular flexibility index (Phi) is 4.39. The van der Waals surface area contributed by atoms with Crippen LogP contribution in [-0.2, 0) is 0 Å². The minimum Gasteiger partial charge on any atom is -0.354 e. The standard InChI is InChI=1S/C20H14N4S4/c25-17-9-1-2-10(21-9)18(26)12-5-6-14(23-12)20(28)16-8-7-15(24-16)19(27)13-4-3-11(17)22-13/h1-8,21,24-28H. The number of H-pyrrole nitrogens is 2. The van der Waals surface area contributed by atoms with Gasteiger partial charge in [-0.1, -0.05) is 0 Å². The van der Waals surface area contributed by atoms with Crippen molar-refractivity contribution in [1.29, 1.82) is 0 Å². The van der Waals surface area contributed by atoms with E-state index in [1.165, 1.54) is 0 Å². The molecule has 3 aromatic rings. The van der Waals surface area contributed by atoms with Gasteiger partial charge in [0.1, 0.15) is 0 Å². The van der Waals surface area contributed by atoms with Crippen LogP contribution in [0.2, 0.25) is 0 Å². The number of thiol groups is 4. The molecule has 0 radical (unpaired) electrons. The number of fused-ring (bicyclic) bond motifs is 8. The van der Waals surface area contributed by atoms with Crippen molar-refractivity contribution in [1.82, 2.24) is 19.9 Å². The fourth-order valence-corrected chi connectivity index (χ4v) is 4.17. The Morgan fingerprint density at radius 3 is 0.964 bits per heavy atom. The monoisotopic (exact) mass is 438 g/mol. The number of nitrogens with zero attached hydrogens (tertiary/aromatic N) is 2. The highest BCUT2D eigenvalue weighted by Gasteiger charge is 2.11. The first-order chi connectivity index (χ1) is 13.5. The van der Waals surface area contributed by atoms with Crippen LogP contribution in [0, 0.1) is 0 Å². The summed E-state index contributed by atoms with van der Waals surface area (Å²) in [5.74, 6) is 0. The fourth-order valence-electron chi connectivity index (χ4n) is 3.15. The number of hydrogen-bond donors (Lipinski definition) is 6. The molecular formula is C20H14N4S4. The average Bonchev–Trinajstić information content (AvgIpc) is 3.49. The molecule has 8 heteroatoms. The number of aromatic amines is 2. The molecule has 5 rings (SSSR count). The smallest absolute Gasteiger partial charge is 0.0792 e. The van der Waals surface area contributed by atoms with Gasteiger partial charge in [0.2, 0.25) is 0 Å². The summed E-state index contributed by atoms with van der Waals surface area (Å²) in [5.41, 5.74) is 6.52. The van der Waals surface area contributed by atoms with Crippen molar-refractivity contribution in [3.05, 3.63) is 47.0 Å². The lowest BCUT2D eigenvalue weighted by atomic mass is 10.3. The zero-order valence-electron chi connectivity index (χ0n) is 14.3. The molecule has 0 saturated carbocycles. The van der Waals surface area contributed by atoms with Crippen LogP contribution in [-0.4, -0.2) is 19.9 Å². The normalized spacial score (nSPS) is 12.7. The summed E-state index contributed by atoms with van der Waals surface area (Å²) in [6.45, 7) is 0. The molecule has 2 N–H and O–H groups in total. The van der Waals surface area contributed by atoms with Crippen molar-refractivity contribution < 1.29 is 0 Å². The quantitative estimate of drug-likeness (QED) is 0.173. The number of rotatable bonds is 0. The Morgan fingerprint density at radius 2 is 0.714 bits per heavy atom. The van der Waals surface area contributed by atoms with Crippen LogP contribution in [0.5, 0.6) is 0 Å². The highest BCUT2D eigenvalue weighted by Crippen LogP contribution is 2.30. The van der Waals surface area contributed by atoms with E-state index in [4.69, 9.17) is 0 Å². The second-order valence-corrected chi connectivity index (χ2v) is 8.19. The van der Waals surface area contributed by atoms with Gasteiger partial charge in [0, 0.05) is 0 Å². The van der Waals surface area contributed by atoms with E-state index in [9.17, 15) is 0 Å². The zero-order valence-corrected chi connectivity index (χ0v) is 17.9. The van der Waals surface area contributed by atoms with Crippen molar-refractivity contribution in [2.24, 2.45) is 0 Å². The molecule has 2 aliphatic heterocycles. The van der Waals surface area contributed by atoms with Gasteiger partial charge in [-0.2, -0.15) is 0 Å². The van der Waals surface area contributed by atoms with Gasteiger partial charge in [-0.15, -0.1) is 50.5 Å². The second-order valence-electron chi connectivity index (χ2n) is 6.40. The molecule has 0 aromatic carbocycles. The van der Waals surface area contributed by atoms with Crippen LogP contribution in [0.1, 0.15) is 22.8 Å². The lowest BCUT2D eigenvalue weighted by molar-refractivity contribution is 1.19. The molecule has 0 amide bonds. The Morgan fingerprint density at radius 1 is 0.464 bits per heavy atom. The Labute approximate surface area is 182 Å². The van der Waals surface area contributed by atoms with Gasteiger partial charge in [-0.25, -0.2) is 9.97 Å². The van der Waals surface area contributed by atoms with Gasteiger partial charge in [0.05, 0.1) is 64.4 Å². The van der Waals surface area contributed by atoms with E-state index in [1.54, 1.807) is 0 Å². The van der Waals surface area contributed by atoms with Crippen molar-refractivity contribution in [2.75, 3.05) is 0 Å². The third-order valence-electron chi connectivity index (χ3n) is 4.64. The minimum atomic E-state index is 0.751. The summed E-state index contributed by atoms with van der Waals surface area (Å²) >= 11 is 18.7. The van der Waals surface area contributed by atoms with E-state index in [0.29, 0.717) is 0 Å². The third kappa shape index (κ3) is 2.91. The summed E-state index contributed by atoms with van der Waals surface area (Å²) in [5, 5.41) is 0. The molecule has 0 atom stereocenters. The summed E-state index contributed by atoms with van der Waals surface area (Å²) in [7, 11) is 0. The maximum atomic E-state index is 4.69. The van der Waals surface area contributed by atoms with E-state index in [-0.39, 0.29) is 0 Å². The number of nitrogens with one attached hydrogen (secondary N) is 2. The molecule has 0 fully saturated rings. The van der Waals surface area contributed by atoms with Crippen molar-refractivity contribution in [3.63, 3.8) is 0 Å². The van der Waals surface area contributed by atoms with Crippen LogP contribution in [0.25, 0.3) is 46.4 Å². The third-order valence-corrected chi connectivity index (χ3v) is 6.52. The highest BCUT2D eigenvalue weighted by atomic mass is 32.1.